The summed E-state index contributed by atoms with van der Waals surface area (Å²) in [6.45, 7) is 0. The molecule has 4 aliphatic rings. The highest BCUT2D eigenvalue weighted by molar-refractivity contribution is 7.17. The molecule has 3 fully saturated rings. The van der Waals surface area contributed by atoms with Crippen LogP contribution in [0.5, 0.6) is 0 Å². The Morgan fingerprint density at radius 2 is 1.58 bits per heavy atom. The summed E-state index contributed by atoms with van der Waals surface area (Å²) in [4.78, 5) is 39.6. The molecule has 0 unspecified atom stereocenters. The molecule has 1 heterocycles. The SMILES string of the molecule is O=C(Nc1ccccc1)c1c(NC(=O)[C@@H]2C3CCC(CC3)[C@H]2C(=O)O)sc2c1CCC2. The van der Waals surface area contributed by atoms with E-state index in [0.29, 0.717) is 16.3 Å². The molecule has 3 N–H and O–H groups in total. The minimum Gasteiger partial charge on any atom is -0.481 e. The number of carbonyl (C=O) groups excluding carboxylic acids is 2. The van der Waals surface area contributed by atoms with Gasteiger partial charge in [-0.05, 0) is 74.5 Å². The predicted molar refractivity (Wildman–Crippen MR) is 119 cm³/mol. The van der Waals surface area contributed by atoms with Crippen molar-refractivity contribution in [2.75, 3.05) is 10.6 Å². The van der Waals surface area contributed by atoms with Crippen molar-refractivity contribution in [3.63, 3.8) is 0 Å². The number of hydrogen-bond acceptors (Lipinski definition) is 4. The molecule has 4 aliphatic carbocycles. The van der Waals surface area contributed by atoms with E-state index in [1.54, 1.807) is 0 Å². The third-order valence-corrected chi connectivity index (χ3v) is 8.43. The number of fused-ring (bicyclic) bond motifs is 4. The number of amides is 2. The van der Waals surface area contributed by atoms with E-state index in [2.05, 4.69) is 10.6 Å². The summed E-state index contributed by atoms with van der Waals surface area (Å²) in [5.74, 6) is -2.29. The van der Waals surface area contributed by atoms with E-state index >= 15 is 0 Å². The van der Waals surface area contributed by atoms with Gasteiger partial charge in [-0.3, -0.25) is 14.4 Å². The summed E-state index contributed by atoms with van der Waals surface area (Å²) < 4.78 is 0. The number of thiophene rings is 1. The zero-order valence-corrected chi connectivity index (χ0v) is 18.0. The first-order valence-electron chi connectivity index (χ1n) is 11.1. The average Bonchev–Trinajstić information content (AvgIpc) is 3.35. The molecule has 31 heavy (non-hydrogen) atoms. The molecule has 3 saturated carbocycles. The highest BCUT2D eigenvalue weighted by Crippen LogP contribution is 2.50. The smallest absolute Gasteiger partial charge is 0.307 e. The second-order valence-corrected chi connectivity index (χ2v) is 10.0. The molecule has 7 heteroatoms. The fourth-order valence-electron chi connectivity index (χ4n) is 5.82. The summed E-state index contributed by atoms with van der Waals surface area (Å²) in [5.41, 5.74) is 2.27. The molecule has 0 spiro atoms. The van der Waals surface area contributed by atoms with E-state index < -0.39 is 17.8 Å². The van der Waals surface area contributed by atoms with Gasteiger partial charge in [0, 0.05) is 10.6 Å². The number of carboxylic acids is 1. The predicted octanol–water partition coefficient (Wildman–Crippen LogP) is 4.56. The van der Waals surface area contributed by atoms with Crippen molar-refractivity contribution < 1.29 is 19.5 Å². The van der Waals surface area contributed by atoms with Gasteiger partial charge in [-0.1, -0.05) is 18.2 Å². The second-order valence-electron chi connectivity index (χ2n) is 8.94. The molecule has 6 nitrogen and oxygen atoms in total. The van der Waals surface area contributed by atoms with Gasteiger partial charge in [-0.15, -0.1) is 11.3 Å². The van der Waals surface area contributed by atoms with E-state index in [4.69, 9.17) is 0 Å². The van der Waals surface area contributed by atoms with E-state index in [9.17, 15) is 19.5 Å². The lowest BCUT2D eigenvalue weighted by Crippen LogP contribution is -2.49. The lowest BCUT2D eigenvalue weighted by Gasteiger charge is -2.45. The minimum absolute atomic E-state index is 0.0763. The largest absolute Gasteiger partial charge is 0.481 e. The third-order valence-electron chi connectivity index (χ3n) is 7.22. The fraction of sp³-hybridized carbons (Fsp3) is 0.458. The molecule has 162 valence electrons. The lowest BCUT2D eigenvalue weighted by atomic mass is 9.58. The van der Waals surface area contributed by atoms with E-state index in [-0.39, 0.29) is 23.7 Å². The van der Waals surface area contributed by atoms with Crippen LogP contribution in [0.4, 0.5) is 10.7 Å². The molecule has 2 bridgehead atoms. The fourth-order valence-corrected chi connectivity index (χ4v) is 7.11. The van der Waals surface area contributed by atoms with Crippen molar-refractivity contribution in [1.82, 2.24) is 0 Å². The van der Waals surface area contributed by atoms with Crippen molar-refractivity contribution in [3.05, 3.63) is 46.3 Å². The van der Waals surface area contributed by atoms with Crippen molar-refractivity contribution in [2.45, 2.75) is 44.9 Å². The number of aryl methyl sites for hydroxylation is 1. The number of hydrogen-bond donors (Lipinski definition) is 3. The summed E-state index contributed by atoms with van der Waals surface area (Å²) >= 11 is 1.47. The Kier molecular flexibility index (Phi) is 5.30. The Morgan fingerprint density at radius 3 is 2.26 bits per heavy atom. The number of benzene rings is 1. The van der Waals surface area contributed by atoms with Gasteiger partial charge in [-0.25, -0.2) is 0 Å². The second kappa shape index (κ2) is 8.11. The maximum absolute atomic E-state index is 13.3. The average molecular weight is 439 g/mol. The van der Waals surface area contributed by atoms with E-state index in [1.807, 2.05) is 30.3 Å². The zero-order chi connectivity index (χ0) is 21.5. The van der Waals surface area contributed by atoms with Crippen molar-refractivity contribution >= 4 is 39.8 Å². The Balaban J connectivity index is 1.42. The maximum Gasteiger partial charge on any atom is 0.307 e. The lowest BCUT2D eigenvalue weighted by molar-refractivity contribution is -0.156. The summed E-state index contributed by atoms with van der Waals surface area (Å²) in [6, 6.07) is 9.28. The first kappa shape index (κ1) is 20.2. The van der Waals surface area contributed by atoms with Crippen molar-refractivity contribution in [2.24, 2.45) is 23.7 Å². The first-order valence-corrected chi connectivity index (χ1v) is 11.9. The van der Waals surface area contributed by atoms with Crippen LogP contribution in [0.2, 0.25) is 0 Å². The highest BCUT2D eigenvalue weighted by Gasteiger charge is 2.50. The first-order chi connectivity index (χ1) is 15.0. The standard InChI is InChI=1S/C24H26N2O4S/c27-21(18-13-9-11-14(12-10-13)19(18)24(29)30)26-23-20(16-7-4-8-17(16)31-23)22(28)25-15-5-2-1-3-6-15/h1-3,5-6,13-14,18-19H,4,7-12H2,(H,25,28)(H,26,27)(H,29,30)/t13?,14?,18-,19-/m1/s1. The van der Waals surface area contributed by atoms with Crippen LogP contribution in [0.1, 0.15) is 52.9 Å². The van der Waals surface area contributed by atoms with Gasteiger partial charge in [-0.2, -0.15) is 0 Å². The minimum atomic E-state index is -0.870. The molecular formula is C24H26N2O4S. The highest BCUT2D eigenvalue weighted by atomic mass is 32.1. The van der Waals surface area contributed by atoms with Gasteiger partial charge in [0.2, 0.25) is 5.91 Å². The monoisotopic (exact) mass is 438 g/mol. The van der Waals surface area contributed by atoms with Gasteiger partial charge in [0.1, 0.15) is 5.00 Å². The van der Waals surface area contributed by atoms with Crippen LogP contribution >= 0.6 is 11.3 Å². The number of nitrogens with one attached hydrogen (secondary N) is 2. The third kappa shape index (κ3) is 3.65. The molecule has 2 atom stereocenters. The van der Waals surface area contributed by atoms with Gasteiger partial charge in [0.15, 0.2) is 0 Å². The van der Waals surface area contributed by atoms with Crippen molar-refractivity contribution in [1.29, 1.82) is 0 Å². The number of carboxylic acid groups (broad SMARTS) is 1. The number of anilines is 2. The van der Waals surface area contributed by atoms with E-state index in [0.717, 1.165) is 55.4 Å². The summed E-state index contributed by atoms with van der Waals surface area (Å²) in [6.07, 6.45) is 6.35. The molecule has 0 saturated heterocycles. The number of para-hydroxylation sites is 1. The number of rotatable bonds is 5. The Hall–Kier alpha value is -2.67. The Labute approximate surface area is 185 Å². The molecule has 2 aromatic rings. The number of aliphatic carboxylic acids is 1. The van der Waals surface area contributed by atoms with Crippen LogP contribution < -0.4 is 10.6 Å². The number of carbonyl (C=O) groups is 3. The van der Waals surface area contributed by atoms with Crippen LogP contribution in [-0.2, 0) is 22.4 Å². The van der Waals surface area contributed by atoms with Gasteiger partial charge >= 0.3 is 5.97 Å². The van der Waals surface area contributed by atoms with Crippen LogP contribution in [0, 0.1) is 23.7 Å². The molecule has 0 radical (unpaired) electrons. The molecule has 1 aromatic carbocycles. The zero-order valence-electron chi connectivity index (χ0n) is 17.2. The molecule has 0 aliphatic heterocycles. The summed E-state index contributed by atoms with van der Waals surface area (Å²) in [5, 5.41) is 16.3. The normalized spacial score (nSPS) is 26.3. The topological polar surface area (TPSA) is 95.5 Å². The summed E-state index contributed by atoms with van der Waals surface area (Å²) in [7, 11) is 0. The molecule has 1 aromatic heterocycles. The van der Waals surface area contributed by atoms with Gasteiger partial charge in [0.05, 0.1) is 17.4 Å². The molecule has 2 amide bonds. The molecule has 6 rings (SSSR count). The maximum atomic E-state index is 13.3. The van der Waals surface area contributed by atoms with Crippen LogP contribution in [0.25, 0.3) is 0 Å². The van der Waals surface area contributed by atoms with Crippen molar-refractivity contribution in [3.8, 4) is 0 Å². The van der Waals surface area contributed by atoms with Gasteiger partial charge in [0.25, 0.3) is 5.91 Å². The Morgan fingerprint density at radius 1 is 0.903 bits per heavy atom. The van der Waals surface area contributed by atoms with Crippen LogP contribution in [-0.4, -0.2) is 22.9 Å². The van der Waals surface area contributed by atoms with Crippen LogP contribution in [0.15, 0.2) is 30.3 Å². The quantitative estimate of drug-likeness (QED) is 0.637. The Bertz CT molecular complexity index is 1020. The van der Waals surface area contributed by atoms with Crippen LogP contribution in [0.3, 0.4) is 0 Å². The molecular weight excluding hydrogens is 412 g/mol. The van der Waals surface area contributed by atoms with E-state index in [1.165, 1.54) is 11.3 Å². The van der Waals surface area contributed by atoms with Gasteiger partial charge < -0.3 is 15.7 Å².